The average Bonchev–Trinajstić information content (AvgIpc) is 3.24. The number of hydrogen-bond acceptors (Lipinski definition) is 5. The summed E-state index contributed by atoms with van der Waals surface area (Å²) in [6.07, 6.45) is 3.59. The molecule has 0 spiro atoms. The summed E-state index contributed by atoms with van der Waals surface area (Å²) in [5.74, 6) is 2.35. The summed E-state index contributed by atoms with van der Waals surface area (Å²) in [6, 6.07) is 14.1. The number of piperidine rings is 1. The summed E-state index contributed by atoms with van der Waals surface area (Å²) in [6.45, 7) is 4.98. The lowest BCUT2D eigenvalue weighted by molar-refractivity contribution is -0.136. The van der Waals surface area contributed by atoms with Crippen molar-refractivity contribution in [3.63, 3.8) is 0 Å². The first-order valence-electron chi connectivity index (χ1n) is 10.4. The van der Waals surface area contributed by atoms with Gasteiger partial charge in [-0.05, 0) is 37.1 Å². The summed E-state index contributed by atoms with van der Waals surface area (Å²) < 4.78 is 0. The number of anilines is 2. The lowest BCUT2D eigenvalue weighted by Crippen LogP contribution is -2.52. The Morgan fingerprint density at radius 2 is 1.66 bits per heavy atom. The number of nitrogens with zero attached hydrogens (tertiary/aromatic N) is 5. The molecule has 1 amide bonds. The molecule has 5 rings (SSSR count). The molecule has 2 aromatic heterocycles. The van der Waals surface area contributed by atoms with Crippen LogP contribution in [0.25, 0.3) is 11.0 Å². The topological polar surface area (TPSA) is 68.4 Å². The zero-order valence-corrected chi connectivity index (χ0v) is 16.5. The molecular weight excluding hydrogens is 364 g/mol. The maximum absolute atomic E-state index is 13.0. The van der Waals surface area contributed by atoms with Crippen molar-refractivity contribution in [2.45, 2.75) is 12.8 Å². The van der Waals surface area contributed by atoms with E-state index in [4.69, 9.17) is 4.98 Å². The van der Waals surface area contributed by atoms with E-state index in [1.807, 2.05) is 53.6 Å². The Labute approximate surface area is 170 Å². The van der Waals surface area contributed by atoms with Gasteiger partial charge < -0.3 is 19.7 Å². The van der Waals surface area contributed by atoms with E-state index < -0.39 is 0 Å². The van der Waals surface area contributed by atoms with Gasteiger partial charge in [-0.15, -0.1) is 0 Å². The molecule has 2 fully saturated rings. The molecule has 29 heavy (non-hydrogen) atoms. The predicted octanol–water partition coefficient (Wildman–Crippen LogP) is 2.52. The van der Waals surface area contributed by atoms with Crippen LogP contribution in [0.5, 0.6) is 0 Å². The van der Waals surface area contributed by atoms with Crippen molar-refractivity contribution in [1.82, 2.24) is 19.9 Å². The molecule has 0 unspecified atom stereocenters. The number of H-pyrrole nitrogens is 1. The third-order valence-corrected chi connectivity index (χ3v) is 6.09. The third kappa shape index (κ3) is 3.64. The third-order valence-electron chi connectivity index (χ3n) is 6.09. The van der Waals surface area contributed by atoms with Crippen LogP contribution >= 0.6 is 0 Å². The first-order chi connectivity index (χ1) is 14.3. The van der Waals surface area contributed by atoms with Crippen LogP contribution in [0, 0.1) is 5.92 Å². The van der Waals surface area contributed by atoms with Crippen molar-refractivity contribution in [2.75, 3.05) is 49.1 Å². The fourth-order valence-corrected chi connectivity index (χ4v) is 4.38. The van der Waals surface area contributed by atoms with E-state index in [0.717, 1.165) is 74.9 Å². The smallest absolute Gasteiger partial charge is 0.225 e. The van der Waals surface area contributed by atoms with Crippen LogP contribution in [-0.2, 0) is 4.79 Å². The summed E-state index contributed by atoms with van der Waals surface area (Å²) in [4.78, 5) is 32.1. The second kappa shape index (κ2) is 7.73. The molecule has 4 heterocycles. The maximum atomic E-state index is 13.0. The molecule has 150 valence electrons. The number of benzene rings is 1. The summed E-state index contributed by atoms with van der Waals surface area (Å²) in [5.41, 5.74) is 2.05. The van der Waals surface area contributed by atoms with E-state index in [1.165, 1.54) is 0 Å². The number of piperazine rings is 1. The van der Waals surface area contributed by atoms with Crippen molar-refractivity contribution in [3.8, 4) is 0 Å². The van der Waals surface area contributed by atoms with E-state index in [9.17, 15) is 4.79 Å². The fraction of sp³-hybridized carbons (Fsp3) is 0.409. The van der Waals surface area contributed by atoms with E-state index in [2.05, 4.69) is 19.8 Å². The van der Waals surface area contributed by atoms with Gasteiger partial charge in [0.1, 0.15) is 5.82 Å². The van der Waals surface area contributed by atoms with Gasteiger partial charge in [0.15, 0.2) is 0 Å². The van der Waals surface area contributed by atoms with Crippen LogP contribution in [0.2, 0.25) is 0 Å². The monoisotopic (exact) mass is 390 g/mol. The van der Waals surface area contributed by atoms with Crippen molar-refractivity contribution in [2.24, 2.45) is 5.92 Å². The molecule has 1 N–H and O–H groups in total. The standard InChI is InChI=1S/C22H26N6O/c29-21(27-15-13-26(14-16-27)20-7-3-4-10-23-20)17-8-11-28(12-9-17)22-24-18-5-1-2-6-19(18)25-22/h1-7,10,17H,8-9,11-16H2,(H,24,25). The molecule has 7 heteroatoms. The summed E-state index contributed by atoms with van der Waals surface area (Å²) in [5, 5.41) is 0. The Kier molecular flexibility index (Phi) is 4.79. The Bertz CT molecular complexity index is 938. The van der Waals surface area contributed by atoms with Crippen molar-refractivity contribution in [1.29, 1.82) is 0 Å². The molecule has 7 nitrogen and oxygen atoms in total. The fourth-order valence-electron chi connectivity index (χ4n) is 4.38. The Hall–Kier alpha value is -3.09. The molecule has 0 saturated carbocycles. The molecule has 0 atom stereocenters. The molecule has 2 aliphatic heterocycles. The SMILES string of the molecule is O=C(C1CCN(c2nc3ccccc3[nH]2)CC1)N1CCN(c2ccccn2)CC1. The molecule has 1 aromatic carbocycles. The number of carbonyl (C=O) groups excluding carboxylic acids is 1. The minimum absolute atomic E-state index is 0.122. The number of aromatic nitrogens is 3. The van der Waals surface area contributed by atoms with Crippen LogP contribution in [0.3, 0.4) is 0 Å². The average molecular weight is 390 g/mol. The second-order valence-corrected chi connectivity index (χ2v) is 7.84. The highest BCUT2D eigenvalue weighted by molar-refractivity contribution is 5.80. The van der Waals surface area contributed by atoms with Gasteiger partial charge >= 0.3 is 0 Å². The van der Waals surface area contributed by atoms with E-state index >= 15 is 0 Å². The van der Waals surface area contributed by atoms with Gasteiger partial charge in [-0.3, -0.25) is 4.79 Å². The molecular formula is C22H26N6O. The minimum atomic E-state index is 0.122. The van der Waals surface area contributed by atoms with Gasteiger partial charge in [0.2, 0.25) is 11.9 Å². The molecule has 0 radical (unpaired) electrons. The van der Waals surface area contributed by atoms with Crippen LogP contribution in [0.1, 0.15) is 12.8 Å². The number of amides is 1. The zero-order chi connectivity index (χ0) is 19.6. The number of nitrogens with one attached hydrogen (secondary N) is 1. The van der Waals surface area contributed by atoms with Crippen molar-refractivity contribution >= 4 is 28.7 Å². The summed E-state index contributed by atoms with van der Waals surface area (Å²) in [7, 11) is 0. The van der Waals surface area contributed by atoms with Gasteiger partial charge in [0, 0.05) is 51.4 Å². The van der Waals surface area contributed by atoms with Gasteiger partial charge in [0.05, 0.1) is 11.0 Å². The lowest BCUT2D eigenvalue weighted by Gasteiger charge is -2.39. The minimum Gasteiger partial charge on any atom is -0.353 e. The Balaban J connectivity index is 1.15. The van der Waals surface area contributed by atoms with E-state index in [1.54, 1.807) is 0 Å². The highest BCUT2D eigenvalue weighted by Gasteiger charge is 2.31. The number of pyridine rings is 1. The van der Waals surface area contributed by atoms with Crippen molar-refractivity contribution < 1.29 is 4.79 Å². The maximum Gasteiger partial charge on any atom is 0.225 e. The molecule has 2 aliphatic rings. The van der Waals surface area contributed by atoms with Crippen LogP contribution in [-0.4, -0.2) is 65.0 Å². The zero-order valence-electron chi connectivity index (χ0n) is 16.5. The number of fused-ring (bicyclic) bond motifs is 1. The van der Waals surface area contributed by atoms with Gasteiger partial charge in [-0.2, -0.15) is 0 Å². The van der Waals surface area contributed by atoms with Crippen LogP contribution in [0.4, 0.5) is 11.8 Å². The van der Waals surface area contributed by atoms with Gasteiger partial charge in [-0.1, -0.05) is 18.2 Å². The molecule has 2 saturated heterocycles. The van der Waals surface area contributed by atoms with Crippen LogP contribution in [0.15, 0.2) is 48.7 Å². The van der Waals surface area contributed by atoms with E-state index in [0.29, 0.717) is 5.91 Å². The number of hydrogen-bond donors (Lipinski definition) is 1. The molecule has 0 aliphatic carbocycles. The first kappa shape index (κ1) is 18.0. The largest absolute Gasteiger partial charge is 0.353 e. The highest BCUT2D eigenvalue weighted by Crippen LogP contribution is 2.25. The quantitative estimate of drug-likeness (QED) is 0.744. The Morgan fingerprint density at radius 3 is 2.38 bits per heavy atom. The van der Waals surface area contributed by atoms with E-state index in [-0.39, 0.29) is 5.92 Å². The summed E-state index contributed by atoms with van der Waals surface area (Å²) >= 11 is 0. The van der Waals surface area contributed by atoms with Gasteiger partial charge in [-0.25, -0.2) is 9.97 Å². The number of aromatic amines is 1. The lowest BCUT2D eigenvalue weighted by atomic mass is 9.95. The van der Waals surface area contributed by atoms with Gasteiger partial charge in [0.25, 0.3) is 0 Å². The number of imidazole rings is 1. The second-order valence-electron chi connectivity index (χ2n) is 7.84. The Morgan fingerprint density at radius 1 is 0.897 bits per heavy atom. The highest BCUT2D eigenvalue weighted by atomic mass is 16.2. The number of rotatable bonds is 3. The first-order valence-corrected chi connectivity index (χ1v) is 10.4. The predicted molar refractivity (Wildman–Crippen MR) is 114 cm³/mol. The number of carbonyl (C=O) groups is 1. The van der Waals surface area contributed by atoms with Crippen molar-refractivity contribution in [3.05, 3.63) is 48.7 Å². The van der Waals surface area contributed by atoms with Crippen LogP contribution < -0.4 is 9.80 Å². The molecule has 3 aromatic rings. The number of para-hydroxylation sites is 2. The molecule has 0 bridgehead atoms. The normalized spacial score (nSPS) is 18.4.